The molecule has 0 saturated heterocycles. The van der Waals surface area contributed by atoms with Gasteiger partial charge in [-0.1, -0.05) is 12.1 Å². The average Bonchev–Trinajstić information content (AvgIpc) is 3.16. The second kappa shape index (κ2) is 7.46. The van der Waals surface area contributed by atoms with Crippen molar-refractivity contribution in [3.8, 4) is 11.4 Å². The Balaban J connectivity index is 1.57. The number of aromatic nitrogens is 2. The van der Waals surface area contributed by atoms with Crippen LogP contribution in [0.2, 0.25) is 0 Å². The van der Waals surface area contributed by atoms with Crippen molar-refractivity contribution in [2.45, 2.75) is 13.5 Å². The first kappa shape index (κ1) is 15.8. The van der Waals surface area contributed by atoms with E-state index >= 15 is 0 Å². The van der Waals surface area contributed by atoms with Gasteiger partial charge in [0.25, 0.3) is 0 Å². The lowest BCUT2D eigenvalue weighted by Crippen LogP contribution is -2.05. The maximum atomic E-state index is 12.1. The minimum atomic E-state index is -0.353. The van der Waals surface area contributed by atoms with Gasteiger partial charge in [-0.05, 0) is 55.0 Å². The van der Waals surface area contributed by atoms with Gasteiger partial charge in [0.1, 0.15) is 12.4 Å². The van der Waals surface area contributed by atoms with Crippen LogP contribution in [0.3, 0.4) is 0 Å². The van der Waals surface area contributed by atoms with Gasteiger partial charge in [0.2, 0.25) is 0 Å². The molecule has 122 valence electrons. The summed E-state index contributed by atoms with van der Waals surface area (Å²) < 4.78 is 12.5. The van der Waals surface area contributed by atoms with Crippen LogP contribution >= 0.6 is 0 Å². The van der Waals surface area contributed by atoms with E-state index in [1.165, 1.54) is 0 Å². The van der Waals surface area contributed by atoms with Crippen LogP contribution in [0.5, 0.6) is 5.75 Å². The number of nitrogens with zero attached hydrogens (tertiary/aromatic N) is 2. The zero-order chi connectivity index (χ0) is 16.8. The fourth-order valence-electron chi connectivity index (χ4n) is 2.25. The fraction of sp³-hybridized carbons (Fsp3) is 0.158. The SMILES string of the molecule is CCOc1ccc(C(=O)OCc2ccc(-n3cccn3)cc2)cc1. The van der Waals surface area contributed by atoms with Gasteiger partial charge in [0.15, 0.2) is 0 Å². The van der Waals surface area contributed by atoms with Crippen LogP contribution < -0.4 is 4.74 Å². The van der Waals surface area contributed by atoms with E-state index in [2.05, 4.69) is 5.10 Å². The molecule has 0 saturated carbocycles. The molecular weight excluding hydrogens is 304 g/mol. The molecule has 0 radical (unpaired) electrons. The third-order valence-corrected chi connectivity index (χ3v) is 3.48. The van der Waals surface area contributed by atoms with E-state index in [-0.39, 0.29) is 12.6 Å². The number of esters is 1. The summed E-state index contributed by atoms with van der Waals surface area (Å²) in [5, 5.41) is 4.17. The first-order valence-electron chi connectivity index (χ1n) is 7.75. The van der Waals surface area contributed by atoms with Gasteiger partial charge in [-0.2, -0.15) is 5.10 Å². The standard InChI is InChI=1S/C19H18N2O3/c1-2-23-18-10-6-16(7-11-18)19(22)24-14-15-4-8-17(9-5-15)21-13-3-12-20-21/h3-13H,2,14H2,1H3. The largest absolute Gasteiger partial charge is 0.494 e. The highest BCUT2D eigenvalue weighted by Crippen LogP contribution is 2.14. The third kappa shape index (κ3) is 3.81. The van der Waals surface area contributed by atoms with E-state index in [4.69, 9.17) is 9.47 Å². The lowest BCUT2D eigenvalue weighted by Gasteiger charge is -2.07. The van der Waals surface area contributed by atoms with Crippen molar-refractivity contribution in [3.63, 3.8) is 0 Å². The summed E-state index contributed by atoms with van der Waals surface area (Å²) in [5.74, 6) is 0.387. The molecule has 0 aliphatic carbocycles. The smallest absolute Gasteiger partial charge is 0.338 e. The summed E-state index contributed by atoms with van der Waals surface area (Å²) in [4.78, 5) is 12.1. The van der Waals surface area contributed by atoms with Gasteiger partial charge in [0.05, 0.1) is 17.9 Å². The van der Waals surface area contributed by atoms with Crippen LogP contribution in [0.1, 0.15) is 22.8 Å². The maximum absolute atomic E-state index is 12.1. The first-order valence-corrected chi connectivity index (χ1v) is 7.75. The summed E-state index contributed by atoms with van der Waals surface area (Å²) in [6.07, 6.45) is 3.60. The first-order chi connectivity index (χ1) is 11.8. The molecule has 1 heterocycles. The number of carbonyl (C=O) groups is 1. The Morgan fingerprint density at radius 1 is 1.08 bits per heavy atom. The third-order valence-electron chi connectivity index (χ3n) is 3.48. The number of rotatable bonds is 6. The Morgan fingerprint density at radius 2 is 1.83 bits per heavy atom. The normalized spacial score (nSPS) is 10.4. The van der Waals surface area contributed by atoms with Crippen LogP contribution in [0.15, 0.2) is 67.0 Å². The minimum absolute atomic E-state index is 0.228. The number of carbonyl (C=O) groups excluding carboxylic acids is 1. The topological polar surface area (TPSA) is 53.4 Å². The number of hydrogen-bond donors (Lipinski definition) is 0. The number of hydrogen-bond acceptors (Lipinski definition) is 4. The second-order valence-electron chi connectivity index (χ2n) is 5.15. The van der Waals surface area contributed by atoms with Crippen molar-refractivity contribution in [2.75, 3.05) is 6.61 Å². The lowest BCUT2D eigenvalue weighted by atomic mass is 10.2. The predicted octanol–water partition coefficient (Wildman–Crippen LogP) is 3.63. The van der Waals surface area contributed by atoms with Crippen molar-refractivity contribution in [2.24, 2.45) is 0 Å². The molecule has 0 N–H and O–H groups in total. The summed E-state index contributed by atoms with van der Waals surface area (Å²) >= 11 is 0. The highest BCUT2D eigenvalue weighted by atomic mass is 16.5. The Morgan fingerprint density at radius 3 is 2.46 bits per heavy atom. The molecule has 0 bridgehead atoms. The lowest BCUT2D eigenvalue weighted by molar-refractivity contribution is 0.0472. The molecule has 5 nitrogen and oxygen atoms in total. The molecule has 24 heavy (non-hydrogen) atoms. The van der Waals surface area contributed by atoms with Crippen LogP contribution in [0.4, 0.5) is 0 Å². The number of benzene rings is 2. The molecule has 3 aromatic rings. The number of ether oxygens (including phenoxy) is 2. The molecule has 0 aliphatic rings. The summed E-state index contributed by atoms with van der Waals surface area (Å²) in [5.41, 5.74) is 2.39. The molecule has 2 aromatic carbocycles. The zero-order valence-corrected chi connectivity index (χ0v) is 13.4. The van der Waals surface area contributed by atoms with Gasteiger partial charge in [-0.3, -0.25) is 0 Å². The minimum Gasteiger partial charge on any atom is -0.494 e. The highest BCUT2D eigenvalue weighted by Gasteiger charge is 2.08. The Labute approximate surface area is 140 Å². The van der Waals surface area contributed by atoms with E-state index in [1.807, 2.05) is 43.5 Å². The van der Waals surface area contributed by atoms with Crippen LogP contribution in [-0.4, -0.2) is 22.4 Å². The predicted molar refractivity (Wildman–Crippen MR) is 90.3 cm³/mol. The van der Waals surface area contributed by atoms with Gasteiger partial charge in [-0.15, -0.1) is 0 Å². The molecule has 3 rings (SSSR count). The van der Waals surface area contributed by atoms with Crippen molar-refractivity contribution in [3.05, 3.63) is 78.1 Å². The maximum Gasteiger partial charge on any atom is 0.338 e. The van der Waals surface area contributed by atoms with E-state index in [9.17, 15) is 4.79 Å². The molecule has 5 heteroatoms. The van der Waals surface area contributed by atoms with Crippen LogP contribution in [-0.2, 0) is 11.3 Å². The molecule has 0 unspecified atom stereocenters. The monoisotopic (exact) mass is 322 g/mol. The van der Waals surface area contributed by atoms with E-state index in [0.717, 1.165) is 17.0 Å². The Hall–Kier alpha value is -3.08. The van der Waals surface area contributed by atoms with Crippen LogP contribution in [0, 0.1) is 0 Å². The summed E-state index contributed by atoms with van der Waals surface area (Å²) in [6, 6.07) is 16.5. The van der Waals surface area contributed by atoms with Crippen molar-refractivity contribution < 1.29 is 14.3 Å². The molecule has 0 fully saturated rings. The second-order valence-corrected chi connectivity index (χ2v) is 5.15. The molecule has 0 aliphatic heterocycles. The quantitative estimate of drug-likeness (QED) is 0.650. The molecule has 0 amide bonds. The Kier molecular flexibility index (Phi) is 4.91. The van der Waals surface area contributed by atoms with Gasteiger partial charge in [-0.25, -0.2) is 9.48 Å². The van der Waals surface area contributed by atoms with Gasteiger partial charge in [0, 0.05) is 12.4 Å². The van der Waals surface area contributed by atoms with E-state index in [1.54, 1.807) is 35.1 Å². The molecule has 1 aromatic heterocycles. The average molecular weight is 322 g/mol. The molecule has 0 spiro atoms. The summed E-state index contributed by atoms with van der Waals surface area (Å²) in [7, 11) is 0. The zero-order valence-electron chi connectivity index (χ0n) is 13.4. The Bertz CT molecular complexity index is 778. The van der Waals surface area contributed by atoms with Crippen molar-refractivity contribution in [1.29, 1.82) is 0 Å². The molecule has 0 atom stereocenters. The van der Waals surface area contributed by atoms with Crippen LogP contribution in [0.25, 0.3) is 5.69 Å². The van der Waals surface area contributed by atoms with E-state index in [0.29, 0.717) is 12.2 Å². The van der Waals surface area contributed by atoms with E-state index < -0.39 is 0 Å². The van der Waals surface area contributed by atoms with Crippen molar-refractivity contribution in [1.82, 2.24) is 9.78 Å². The van der Waals surface area contributed by atoms with Gasteiger partial charge >= 0.3 is 5.97 Å². The summed E-state index contributed by atoms with van der Waals surface area (Å²) in [6.45, 7) is 2.74. The van der Waals surface area contributed by atoms with Crippen molar-refractivity contribution >= 4 is 5.97 Å². The van der Waals surface area contributed by atoms with Gasteiger partial charge < -0.3 is 9.47 Å². The molecular formula is C19H18N2O3. The fourth-order valence-corrected chi connectivity index (χ4v) is 2.25. The highest BCUT2D eigenvalue weighted by molar-refractivity contribution is 5.89.